The monoisotopic (exact) mass is 448 g/mol. The average molecular weight is 449 g/mol. The van der Waals surface area contributed by atoms with Crippen LogP contribution < -0.4 is 10.6 Å². The summed E-state index contributed by atoms with van der Waals surface area (Å²) >= 11 is 0. The maximum absolute atomic E-state index is 3.97. The third kappa shape index (κ3) is 5.17. The van der Waals surface area contributed by atoms with Crippen LogP contribution in [0.15, 0.2) is 84.9 Å². The molecule has 0 heterocycles. The second-order valence-corrected chi connectivity index (χ2v) is 9.61. The van der Waals surface area contributed by atoms with Gasteiger partial charge in [-0.25, -0.2) is 0 Å². The van der Waals surface area contributed by atoms with E-state index < -0.39 is 0 Å². The van der Waals surface area contributed by atoms with E-state index in [9.17, 15) is 0 Å². The zero-order valence-corrected chi connectivity index (χ0v) is 21.2. The lowest BCUT2D eigenvalue weighted by atomic mass is 9.91. The van der Waals surface area contributed by atoms with Gasteiger partial charge in [0.05, 0.1) is 12.1 Å². The molecular formula is C32H36N2. The van der Waals surface area contributed by atoms with Crippen LogP contribution in [0.1, 0.15) is 56.6 Å². The predicted octanol–water partition coefficient (Wildman–Crippen LogP) is 8.54. The van der Waals surface area contributed by atoms with Crippen molar-refractivity contribution in [3.8, 4) is 0 Å². The third-order valence-electron chi connectivity index (χ3n) is 6.60. The summed E-state index contributed by atoms with van der Waals surface area (Å²) in [7, 11) is 0. The molecule has 0 saturated heterocycles. The molecule has 0 spiro atoms. The second-order valence-electron chi connectivity index (χ2n) is 9.61. The summed E-state index contributed by atoms with van der Waals surface area (Å²) in [5, 5.41) is 7.93. The molecule has 174 valence electrons. The van der Waals surface area contributed by atoms with Gasteiger partial charge < -0.3 is 10.6 Å². The van der Waals surface area contributed by atoms with E-state index in [1.165, 1.54) is 55.9 Å². The van der Waals surface area contributed by atoms with E-state index in [4.69, 9.17) is 0 Å². The maximum Gasteiger partial charge on any atom is 0.0757 e. The van der Waals surface area contributed by atoms with E-state index in [1.54, 1.807) is 0 Å². The molecule has 2 nitrogen and oxygen atoms in total. The first-order valence-corrected chi connectivity index (χ1v) is 12.1. The number of aryl methyl sites for hydroxylation is 6. The van der Waals surface area contributed by atoms with E-state index in [-0.39, 0.29) is 12.1 Å². The molecule has 34 heavy (non-hydrogen) atoms. The van der Waals surface area contributed by atoms with Gasteiger partial charge in [0.2, 0.25) is 0 Å². The second kappa shape index (κ2) is 10.2. The van der Waals surface area contributed by atoms with Crippen LogP contribution in [-0.4, -0.2) is 0 Å². The van der Waals surface area contributed by atoms with Crippen molar-refractivity contribution in [3.05, 3.63) is 129 Å². The summed E-state index contributed by atoms with van der Waals surface area (Å²) < 4.78 is 0. The van der Waals surface area contributed by atoms with Gasteiger partial charge in [-0.2, -0.15) is 0 Å². The van der Waals surface area contributed by atoms with Crippen molar-refractivity contribution in [1.29, 1.82) is 0 Å². The van der Waals surface area contributed by atoms with Crippen molar-refractivity contribution in [2.24, 2.45) is 0 Å². The molecule has 2 atom stereocenters. The van der Waals surface area contributed by atoms with Crippen LogP contribution >= 0.6 is 0 Å². The zero-order chi connectivity index (χ0) is 24.2. The molecule has 0 radical (unpaired) electrons. The highest BCUT2D eigenvalue weighted by Gasteiger charge is 2.27. The molecule has 0 saturated carbocycles. The first-order valence-electron chi connectivity index (χ1n) is 12.1. The third-order valence-corrected chi connectivity index (χ3v) is 6.60. The van der Waals surface area contributed by atoms with Gasteiger partial charge in [-0.3, -0.25) is 0 Å². The minimum Gasteiger partial charge on any atom is -0.375 e. The topological polar surface area (TPSA) is 24.1 Å². The van der Waals surface area contributed by atoms with Crippen LogP contribution in [-0.2, 0) is 0 Å². The highest BCUT2D eigenvalue weighted by molar-refractivity contribution is 5.63. The summed E-state index contributed by atoms with van der Waals surface area (Å²) in [6, 6.07) is 30.7. The van der Waals surface area contributed by atoms with Gasteiger partial charge in [0, 0.05) is 11.4 Å². The van der Waals surface area contributed by atoms with Gasteiger partial charge in [0.15, 0.2) is 0 Å². The van der Waals surface area contributed by atoms with Crippen molar-refractivity contribution in [2.75, 3.05) is 10.6 Å². The van der Waals surface area contributed by atoms with Crippen molar-refractivity contribution in [1.82, 2.24) is 0 Å². The number of hydrogen-bond donors (Lipinski definition) is 2. The van der Waals surface area contributed by atoms with Crippen LogP contribution in [0.2, 0.25) is 0 Å². The standard InChI is InChI=1S/C32H36N2/c1-21-17-23(3)29(24(4)18-21)33-31(27-13-9-7-10-14-27)32(28-15-11-8-12-16-28)34-30-25(5)19-22(2)20-26(30)6/h7-20,31-34H,1-6H3/t31-,32+. The Morgan fingerprint density at radius 1 is 0.441 bits per heavy atom. The normalized spacial score (nSPS) is 12.8. The summed E-state index contributed by atoms with van der Waals surface area (Å²) in [5.41, 5.74) is 12.6. The Morgan fingerprint density at radius 3 is 1.03 bits per heavy atom. The van der Waals surface area contributed by atoms with E-state index in [0.717, 1.165) is 0 Å². The first-order chi connectivity index (χ1) is 16.3. The Labute approximate surface area is 205 Å². The predicted molar refractivity (Wildman–Crippen MR) is 147 cm³/mol. The first kappa shape index (κ1) is 23.6. The van der Waals surface area contributed by atoms with Gasteiger partial charge >= 0.3 is 0 Å². The Morgan fingerprint density at radius 2 is 0.735 bits per heavy atom. The molecule has 4 aromatic rings. The number of nitrogens with one attached hydrogen (secondary N) is 2. The van der Waals surface area contributed by atoms with Crippen LogP contribution in [0.3, 0.4) is 0 Å². The molecular weight excluding hydrogens is 412 g/mol. The minimum absolute atomic E-state index is 0.0313. The largest absolute Gasteiger partial charge is 0.375 e. The highest BCUT2D eigenvalue weighted by Crippen LogP contribution is 2.38. The lowest BCUT2D eigenvalue weighted by Crippen LogP contribution is -2.27. The number of benzene rings is 4. The molecule has 0 aromatic heterocycles. The van der Waals surface area contributed by atoms with Gasteiger partial charge in [0.1, 0.15) is 0 Å². The molecule has 4 aromatic carbocycles. The average Bonchev–Trinajstić information content (AvgIpc) is 2.80. The van der Waals surface area contributed by atoms with Crippen LogP contribution in [0, 0.1) is 41.5 Å². The number of hydrogen-bond acceptors (Lipinski definition) is 2. The maximum atomic E-state index is 3.97. The minimum atomic E-state index is 0.0313. The van der Waals surface area contributed by atoms with E-state index in [1.807, 2.05) is 0 Å². The fourth-order valence-corrected chi connectivity index (χ4v) is 5.17. The Balaban J connectivity index is 1.86. The zero-order valence-electron chi connectivity index (χ0n) is 21.2. The van der Waals surface area contributed by atoms with Gasteiger partial charge in [-0.15, -0.1) is 0 Å². The van der Waals surface area contributed by atoms with Crippen molar-refractivity contribution in [2.45, 2.75) is 53.6 Å². The summed E-state index contributed by atoms with van der Waals surface area (Å²) in [6.45, 7) is 13.1. The van der Waals surface area contributed by atoms with E-state index in [0.29, 0.717) is 0 Å². The van der Waals surface area contributed by atoms with Crippen LogP contribution in [0.5, 0.6) is 0 Å². The molecule has 0 aliphatic carbocycles. The lowest BCUT2D eigenvalue weighted by Gasteiger charge is -2.33. The van der Waals surface area contributed by atoms with Gasteiger partial charge in [0.25, 0.3) is 0 Å². The molecule has 0 bridgehead atoms. The molecule has 0 unspecified atom stereocenters. The molecule has 0 fully saturated rings. The van der Waals surface area contributed by atoms with Gasteiger partial charge in [-0.05, 0) is 74.9 Å². The van der Waals surface area contributed by atoms with Gasteiger partial charge in [-0.1, -0.05) is 96.1 Å². The summed E-state index contributed by atoms with van der Waals surface area (Å²) in [6.07, 6.45) is 0. The molecule has 2 heteroatoms. The fourth-order valence-electron chi connectivity index (χ4n) is 5.17. The smallest absolute Gasteiger partial charge is 0.0757 e. The molecule has 0 aliphatic heterocycles. The Kier molecular flexibility index (Phi) is 7.07. The Bertz CT molecular complexity index is 1110. The fraction of sp³-hybridized carbons (Fsp3) is 0.250. The molecule has 0 aliphatic rings. The van der Waals surface area contributed by atoms with E-state index in [2.05, 4.69) is 137 Å². The summed E-state index contributed by atoms with van der Waals surface area (Å²) in [4.78, 5) is 0. The molecule has 4 rings (SSSR count). The molecule has 2 N–H and O–H groups in total. The van der Waals surface area contributed by atoms with Crippen LogP contribution in [0.25, 0.3) is 0 Å². The highest BCUT2D eigenvalue weighted by atomic mass is 15.0. The quantitative estimate of drug-likeness (QED) is 0.296. The summed E-state index contributed by atoms with van der Waals surface area (Å²) in [5.74, 6) is 0. The SMILES string of the molecule is Cc1cc(C)c(N[C@H](c2ccccc2)[C@@H](Nc2c(C)cc(C)cc2C)c2ccccc2)c(C)c1. The molecule has 0 amide bonds. The van der Waals surface area contributed by atoms with E-state index >= 15 is 0 Å². The van der Waals surface area contributed by atoms with Crippen molar-refractivity contribution < 1.29 is 0 Å². The number of anilines is 2. The number of rotatable bonds is 7. The van der Waals surface area contributed by atoms with Crippen LogP contribution in [0.4, 0.5) is 11.4 Å². The van der Waals surface area contributed by atoms with Crippen molar-refractivity contribution in [3.63, 3.8) is 0 Å². The Hall–Kier alpha value is -3.52. The van der Waals surface area contributed by atoms with Crippen molar-refractivity contribution >= 4 is 11.4 Å². The lowest BCUT2D eigenvalue weighted by molar-refractivity contribution is 0.648.